The molecule has 3 aromatic rings. The van der Waals surface area contributed by atoms with E-state index in [9.17, 15) is 18.0 Å². The molecule has 0 aliphatic heterocycles. The third-order valence-corrected chi connectivity index (χ3v) is 6.54. The number of nitrogens with one attached hydrogen (secondary N) is 2. The molecule has 9 heteroatoms. The van der Waals surface area contributed by atoms with Crippen LogP contribution in [0.5, 0.6) is 0 Å². The highest BCUT2D eigenvalue weighted by Gasteiger charge is 2.19. The summed E-state index contributed by atoms with van der Waals surface area (Å²) in [6.45, 7) is 3.61. The molecule has 2 N–H and O–H groups in total. The first-order valence-electron chi connectivity index (χ1n) is 8.71. The van der Waals surface area contributed by atoms with Gasteiger partial charge in [-0.1, -0.05) is 12.1 Å². The smallest absolute Gasteiger partial charge is 0.291 e. The topological polar surface area (TPSA) is 105 Å². The van der Waals surface area contributed by atoms with Gasteiger partial charge in [0.2, 0.25) is 0 Å². The van der Waals surface area contributed by atoms with Crippen LogP contribution in [0.1, 0.15) is 44.3 Å². The monoisotopic (exact) mass is 432 g/mol. The molecule has 0 unspecified atom stereocenters. The zero-order valence-corrected chi connectivity index (χ0v) is 17.7. The number of sulfone groups is 1. The van der Waals surface area contributed by atoms with E-state index >= 15 is 0 Å². The summed E-state index contributed by atoms with van der Waals surface area (Å²) in [6, 6.07) is 11.0. The summed E-state index contributed by atoms with van der Waals surface area (Å²) in [5.74, 6) is -0.471. The highest BCUT2D eigenvalue weighted by Crippen LogP contribution is 2.28. The Labute approximate surface area is 172 Å². The fourth-order valence-corrected chi connectivity index (χ4v) is 4.30. The Morgan fingerprint density at radius 2 is 1.79 bits per heavy atom. The predicted octanol–water partition coefficient (Wildman–Crippen LogP) is 3.80. The van der Waals surface area contributed by atoms with Crippen LogP contribution in [0, 0.1) is 6.92 Å². The first-order chi connectivity index (χ1) is 13.6. The first-order valence-corrected chi connectivity index (χ1v) is 11.4. The van der Waals surface area contributed by atoms with E-state index in [0.717, 1.165) is 17.4 Å². The third-order valence-electron chi connectivity index (χ3n) is 4.26. The Hall–Kier alpha value is -2.91. The Morgan fingerprint density at radius 3 is 2.38 bits per heavy atom. The van der Waals surface area contributed by atoms with Gasteiger partial charge in [0.15, 0.2) is 15.6 Å². The zero-order chi connectivity index (χ0) is 21.2. The van der Waals surface area contributed by atoms with Crippen molar-refractivity contribution in [2.24, 2.45) is 0 Å². The molecule has 1 atom stereocenters. The van der Waals surface area contributed by atoms with E-state index in [0.29, 0.717) is 9.88 Å². The van der Waals surface area contributed by atoms with E-state index in [-0.39, 0.29) is 28.5 Å². The molecule has 3 rings (SSSR count). The predicted molar refractivity (Wildman–Crippen MR) is 111 cm³/mol. The number of hydrogen-bond donors (Lipinski definition) is 2. The summed E-state index contributed by atoms with van der Waals surface area (Å²) in [5.41, 5.74) is 1.52. The van der Waals surface area contributed by atoms with Gasteiger partial charge in [0.25, 0.3) is 11.8 Å². The van der Waals surface area contributed by atoms with Gasteiger partial charge in [-0.15, -0.1) is 11.3 Å². The second kappa shape index (κ2) is 8.22. The third kappa shape index (κ3) is 4.93. The van der Waals surface area contributed by atoms with E-state index in [1.165, 1.54) is 29.7 Å². The van der Waals surface area contributed by atoms with Crippen LogP contribution < -0.4 is 10.6 Å². The normalized spacial score (nSPS) is 12.4. The Kier molecular flexibility index (Phi) is 5.90. The molecule has 7 nitrogen and oxygen atoms in total. The fourth-order valence-electron chi connectivity index (χ4n) is 2.70. The van der Waals surface area contributed by atoms with Crippen molar-refractivity contribution in [1.29, 1.82) is 0 Å². The summed E-state index contributed by atoms with van der Waals surface area (Å²) in [7, 11) is -3.27. The summed E-state index contributed by atoms with van der Waals surface area (Å²) in [4.78, 5) is 25.5. The van der Waals surface area contributed by atoms with Crippen LogP contribution in [0.15, 0.2) is 58.0 Å². The molecule has 1 aromatic carbocycles. The molecule has 2 aromatic heterocycles. The highest BCUT2D eigenvalue weighted by atomic mass is 32.2. The Morgan fingerprint density at radius 1 is 1.10 bits per heavy atom. The van der Waals surface area contributed by atoms with Gasteiger partial charge in [0, 0.05) is 6.26 Å². The maximum atomic E-state index is 12.7. The van der Waals surface area contributed by atoms with Gasteiger partial charge in [-0.3, -0.25) is 9.59 Å². The van der Waals surface area contributed by atoms with E-state index in [1.807, 2.05) is 6.92 Å². The average Bonchev–Trinajstić information content (AvgIpc) is 3.31. The van der Waals surface area contributed by atoms with Crippen LogP contribution in [0.3, 0.4) is 0 Å². The molecule has 0 bridgehead atoms. The molecule has 0 fully saturated rings. The SMILES string of the molecule is Cc1cc(NC(=O)c2ccco2)sc1C(=O)N[C@@H](C)c1ccc(S(C)(=O)=O)cc1. The lowest BCUT2D eigenvalue weighted by Crippen LogP contribution is -2.26. The average molecular weight is 433 g/mol. The van der Waals surface area contributed by atoms with Gasteiger partial charge in [0.05, 0.1) is 27.1 Å². The molecule has 0 saturated heterocycles. The number of benzene rings is 1. The molecular weight excluding hydrogens is 412 g/mol. The Bertz CT molecular complexity index is 1130. The van der Waals surface area contributed by atoms with Crippen LogP contribution in [0.25, 0.3) is 0 Å². The molecule has 2 heterocycles. The maximum absolute atomic E-state index is 12.7. The molecule has 0 spiro atoms. The number of anilines is 1. The summed E-state index contributed by atoms with van der Waals surface area (Å²) in [6.07, 6.45) is 2.56. The summed E-state index contributed by atoms with van der Waals surface area (Å²) < 4.78 is 28.2. The van der Waals surface area contributed by atoms with E-state index in [4.69, 9.17) is 4.42 Å². The number of hydrogen-bond acceptors (Lipinski definition) is 6. The van der Waals surface area contributed by atoms with Crippen LogP contribution in [0.2, 0.25) is 0 Å². The van der Waals surface area contributed by atoms with Gasteiger partial charge < -0.3 is 15.1 Å². The van der Waals surface area contributed by atoms with E-state index in [2.05, 4.69) is 10.6 Å². The number of aryl methyl sites for hydroxylation is 1. The largest absolute Gasteiger partial charge is 0.459 e. The first kappa shape index (κ1) is 20.8. The number of carbonyl (C=O) groups is 2. The van der Waals surface area contributed by atoms with Crippen molar-refractivity contribution >= 4 is 38.0 Å². The van der Waals surface area contributed by atoms with Crippen molar-refractivity contribution in [2.75, 3.05) is 11.6 Å². The fraction of sp³-hybridized carbons (Fsp3) is 0.200. The molecular formula is C20H20N2O5S2. The van der Waals surface area contributed by atoms with Crippen LogP contribution >= 0.6 is 11.3 Å². The number of amides is 2. The highest BCUT2D eigenvalue weighted by molar-refractivity contribution is 7.90. The molecule has 29 heavy (non-hydrogen) atoms. The van der Waals surface area contributed by atoms with Crippen molar-refractivity contribution in [3.05, 3.63) is 70.5 Å². The zero-order valence-electron chi connectivity index (χ0n) is 16.1. The van der Waals surface area contributed by atoms with E-state index in [1.54, 1.807) is 37.3 Å². The lowest BCUT2D eigenvalue weighted by atomic mass is 10.1. The minimum Gasteiger partial charge on any atom is -0.459 e. The van der Waals surface area contributed by atoms with Crippen molar-refractivity contribution in [1.82, 2.24) is 5.32 Å². The maximum Gasteiger partial charge on any atom is 0.291 e. The van der Waals surface area contributed by atoms with Crippen LogP contribution in [-0.2, 0) is 9.84 Å². The van der Waals surface area contributed by atoms with Crippen molar-refractivity contribution in [3.63, 3.8) is 0 Å². The number of carbonyl (C=O) groups excluding carboxylic acids is 2. The second-order valence-corrected chi connectivity index (χ2v) is 9.66. The lowest BCUT2D eigenvalue weighted by Gasteiger charge is -2.14. The number of thiophene rings is 1. The van der Waals surface area contributed by atoms with Gasteiger partial charge in [0.1, 0.15) is 0 Å². The molecule has 0 aliphatic rings. The van der Waals surface area contributed by atoms with Gasteiger partial charge in [-0.25, -0.2) is 8.42 Å². The molecule has 0 aliphatic carbocycles. The summed E-state index contributed by atoms with van der Waals surface area (Å²) >= 11 is 1.17. The molecule has 0 saturated carbocycles. The Balaban J connectivity index is 1.69. The number of furan rings is 1. The van der Waals surface area contributed by atoms with Crippen LogP contribution in [0.4, 0.5) is 5.00 Å². The van der Waals surface area contributed by atoms with Crippen molar-refractivity contribution in [2.45, 2.75) is 24.8 Å². The van der Waals surface area contributed by atoms with Gasteiger partial charge in [-0.05, 0) is 55.3 Å². The molecule has 0 radical (unpaired) electrons. The van der Waals surface area contributed by atoms with Crippen LogP contribution in [-0.4, -0.2) is 26.5 Å². The second-order valence-electron chi connectivity index (χ2n) is 6.59. The minimum absolute atomic E-state index is 0.188. The standard InChI is InChI=1S/C20H20N2O5S2/c1-12-11-17(22-19(23)16-5-4-10-27-16)28-18(12)20(24)21-13(2)14-6-8-15(9-7-14)29(3,25)26/h4-11,13H,1-3H3,(H,21,24)(H,22,23)/t13-/m0/s1. The van der Waals surface area contributed by atoms with E-state index < -0.39 is 9.84 Å². The lowest BCUT2D eigenvalue weighted by molar-refractivity contribution is 0.0942. The molecule has 152 valence electrons. The summed E-state index contributed by atoms with van der Waals surface area (Å²) in [5, 5.41) is 6.15. The quantitative estimate of drug-likeness (QED) is 0.616. The van der Waals surface area contributed by atoms with Crippen molar-refractivity contribution < 1.29 is 22.4 Å². The molecule has 2 amide bonds. The van der Waals surface area contributed by atoms with Gasteiger partial charge in [-0.2, -0.15) is 0 Å². The van der Waals surface area contributed by atoms with Crippen molar-refractivity contribution in [3.8, 4) is 0 Å². The van der Waals surface area contributed by atoms with Gasteiger partial charge >= 0.3 is 0 Å². The minimum atomic E-state index is -3.27. The number of rotatable bonds is 6.